The Balaban J connectivity index is 1.45. The molecule has 38 heavy (non-hydrogen) atoms. The van der Waals surface area contributed by atoms with Crippen molar-refractivity contribution >= 4 is 50.7 Å². The van der Waals surface area contributed by atoms with Gasteiger partial charge < -0.3 is 20.1 Å². The average Bonchev–Trinajstić information content (AvgIpc) is 3.24. The van der Waals surface area contributed by atoms with Gasteiger partial charge in [-0.3, -0.25) is 19.0 Å². The van der Waals surface area contributed by atoms with Crippen LogP contribution in [0, 0.1) is 13.8 Å². The highest BCUT2D eigenvalue weighted by molar-refractivity contribution is 7.20. The van der Waals surface area contributed by atoms with Gasteiger partial charge in [-0.05, 0) is 61.2 Å². The lowest BCUT2D eigenvalue weighted by Gasteiger charge is -2.10. The maximum Gasteiger partial charge on any atom is 0.262 e. The Hall–Kier alpha value is -3.89. The molecule has 0 fully saturated rings. The molecule has 0 saturated heterocycles. The number of aromatic nitrogens is 2. The van der Waals surface area contributed by atoms with Crippen LogP contribution in [-0.4, -0.2) is 42.1 Å². The number of methoxy groups -OCH3 is 2. The van der Waals surface area contributed by atoms with Crippen molar-refractivity contribution in [3.8, 4) is 11.5 Å². The number of halogens is 1. The molecular weight excluding hydrogens is 528 g/mol. The molecule has 0 unspecified atom stereocenters. The van der Waals surface area contributed by atoms with E-state index in [0.717, 1.165) is 22.5 Å². The summed E-state index contributed by atoms with van der Waals surface area (Å²) in [7, 11) is 3.15. The van der Waals surface area contributed by atoms with Crippen LogP contribution in [0.25, 0.3) is 10.2 Å². The molecule has 2 N–H and O–H groups in total. The SMILES string of the molecule is COc1ccc(CCNC(=O)c2sc3ncn(CC(=O)Nc4ccc(C)c(Cl)c4)c(=O)c3c2C)cc1OC. The maximum absolute atomic E-state index is 13.2. The van der Waals surface area contributed by atoms with Gasteiger partial charge in [-0.15, -0.1) is 11.3 Å². The van der Waals surface area contributed by atoms with Crippen LogP contribution < -0.4 is 25.7 Å². The minimum Gasteiger partial charge on any atom is -0.493 e. The van der Waals surface area contributed by atoms with Crippen LogP contribution in [0.1, 0.15) is 26.4 Å². The van der Waals surface area contributed by atoms with Crippen LogP contribution in [0.4, 0.5) is 5.69 Å². The zero-order chi connectivity index (χ0) is 27.4. The number of hydrogen-bond acceptors (Lipinski definition) is 7. The number of fused-ring (bicyclic) bond motifs is 1. The fourth-order valence-corrected chi connectivity index (χ4v) is 5.19. The number of rotatable bonds is 9. The molecule has 0 aliphatic carbocycles. The van der Waals surface area contributed by atoms with E-state index in [-0.39, 0.29) is 18.0 Å². The largest absolute Gasteiger partial charge is 0.493 e. The van der Waals surface area contributed by atoms with Crippen molar-refractivity contribution in [2.75, 3.05) is 26.1 Å². The maximum atomic E-state index is 13.2. The standard InChI is InChI=1S/C27H27ClN4O5S/c1-15-5-7-18(12-19(15)28)31-22(33)13-32-14-30-26-23(27(32)35)16(2)24(38-26)25(34)29-10-9-17-6-8-20(36-3)21(11-17)37-4/h5-8,11-12,14H,9-10,13H2,1-4H3,(H,29,34)(H,31,33). The van der Waals surface area contributed by atoms with Crippen molar-refractivity contribution in [3.05, 3.63) is 79.7 Å². The number of anilines is 1. The molecule has 2 heterocycles. The Kier molecular flexibility index (Phi) is 8.33. The molecule has 0 spiro atoms. The van der Waals surface area contributed by atoms with E-state index in [0.29, 0.717) is 55.8 Å². The summed E-state index contributed by atoms with van der Waals surface area (Å²) in [6.45, 7) is 3.74. The summed E-state index contributed by atoms with van der Waals surface area (Å²) in [5.41, 5.74) is 2.55. The van der Waals surface area contributed by atoms with E-state index in [1.165, 1.54) is 10.9 Å². The van der Waals surface area contributed by atoms with Crippen LogP contribution in [0.3, 0.4) is 0 Å². The van der Waals surface area contributed by atoms with Gasteiger partial charge >= 0.3 is 0 Å². The number of aryl methyl sites for hydroxylation is 2. The van der Waals surface area contributed by atoms with Gasteiger partial charge in [0.1, 0.15) is 11.4 Å². The molecule has 2 aromatic carbocycles. The summed E-state index contributed by atoms with van der Waals surface area (Å²) < 4.78 is 11.8. The summed E-state index contributed by atoms with van der Waals surface area (Å²) in [5.74, 6) is 0.576. The lowest BCUT2D eigenvalue weighted by atomic mass is 10.1. The van der Waals surface area contributed by atoms with Crippen LogP contribution in [0.5, 0.6) is 11.5 Å². The zero-order valence-corrected chi connectivity index (χ0v) is 23.0. The number of amides is 2. The predicted octanol–water partition coefficient (Wildman–Crippen LogP) is 4.36. The number of nitrogens with zero attached hydrogens (tertiary/aromatic N) is 2. The smallest absolute Gasteiger partial charge is 0.262 e. The molecule has 198 valence electrons. The van der Waals surface area contributed by atoms with E-state index in [2.05, 4.69) is 15.6 Å². The highest BCUT2D eigenvalue weighted by Gasteiger charge is 2.20. The average molecular weight is 555 g/mol. The molecule has 4 aromatic rings. The van der Waals surface area contributed by atoms with E-state index in [4.69, 9.17) is 21.1 Å². The molecule has 0 atom stereocenters. The Morgan fingerprint density at radius 3 is 2.55 bits per heavy atom. The third-order valence-corrected chi connectivity index (χ3v) is 7.65. The molecule has 0 saturated carbocycles. The van der Waals surface area contributed by atoms with Gasteiger partial charge in [-0.1, -0.05) is 23.7 Å². The van der Waals surface area contributed by atoms with Crippen molar-refractivity contribution in [2.45, 2.75) is 26.8 Å². The van der Waals surface area contributed by atoms with Crippen molar-refractivity contribution in [2.24, 2.45) is 0 Å². The highest BCUT2D eigenvalue weighted by Crippen LogP contribution is 2.28. The number of thiophene rings is 1. The van der Waals surface area contributed by atoms with Crippen molar-refractivity contribution in [1.29, 1.82) is 0 Å². The molecular formula is C27H27ClN4O5S. The quantitative estimate of drug-likeness (QED) is 0.318. The summed E-state index contributed by atoms with van der Waals surface area (Å²) in [6, 6.07) is 10.8. The molecule has 0 radical (unpaired) electrons. The predicted molar refractivity (Wildman–Crippen MR) is 149 cm³/mol. The van der Waals surface area contributed by atoms with Crippen LogP contribution in [-0.2, 0) is 17.8 Å². The molecule has 2 amide bonds. The third-order valence-electron chi connectivity index (χ3n) is 6.04. The molecule has 0 bridgehead atoms. The number of nitrogens with one attached hydrogen (secondary N) is 2. The van der Waals surface area contributed by atoms with Crippen molar-refractivity contribution in [3.63, 3.8) is 0 Å². The van der Waals surface area contributed by atoms with Crippen LogP contribution in [0.15, 0.2) is 47.5 Å². The number of carbonyl (C=O) groups excluding carboxylic acids is 2. The summed E-state index contributed by atoms with van der Waals surface area (Å²) in [4.78, 5) is 43.8. The van der Waals surface area contributed by atoms with Gasteiger partial charge in [-0.25, -0.2) is 4.98 Å². The van der Waals surface area contributed by atoms with Crippen molar-refractivity contribution < 1.29 is 19.1 Å². The Bertz CT molecular complexity index is 1580. The third kappa shape index (κ3) is 5.81. The summed E-state index contributed by atoms with van der Waals surface area (Å²) >= 11 is 7.27. The molecule has 0 aliphatic heterocycles. The second kappa shape index (κ2) is 11.7. The minimum absolute atomic E-state index is 0.227. The fraction of sp³-hybridized carbons (Fsp3) is 0.259. The first-order chi connectivity index (χ1) is 18.2. The summed E-state index contributed by atoms with van der Waals surface area (Å²) in [6.07, 6.45) is 1.91. The van der Waals surface area contributed by atoms with E-state index < -0.39 is 5.91 Å². The van der Waals surface area contributed by atoms with Gasteiger partial charge in [0, 0.05) is 17.3 Å². The molecule has 9 nitrogen and oxygen atoms in total. The van der Waals surface area contributed by atoms with E-state index in [9.17, 15) is 14.4 Å². The Morgan fingerprint density at radius 2 is 1.84 bits per heavy atom. The minimum atomic E-state index is -0.394. The first kappa shape index (κ1) is 27.2. The summed E-state index contributed by atoms with van der Waals surface area (Å²) in [5, 5.41) is 6.50. The highest BCUT2D eigenvalue weighted by atomic mass is 35.5. The van der Waals surface area contributed by atoms with Gasteiger partial charge in [0.05, 0.1) is 30.8 Å². The molecule has 2 aromatic heterocycles. The van der Waals surface area contributed by atoms with Crippen LogP contribution >= 0.6 is 22.9 Å². The lowest BCUT2D eigenvalue weighted by Crippen LogP contribution is -2.28. The number of ether oxygens (including phenoxy) is 2. The van der Waals surface area contributed by atoms with E-state index in [1.54, 1.807) is 39.3 Å². The van der Waals surface area contributed by atoms with Gasteiger partial charge in [-0.2, -0.15) is 0 Å². The van der Waals surface area contributed by atoms with Gasteiger partial charge in [0.25, 0.3) is 11.5 Å². The molecule has 4 rings (SSSR count). The number of carbonyl (C=O) groups is 2. The number of benzene rings is 2. The topological polar surface area (TPSA) is 112 Å². The van der Waals surface area contributed by atoms with Gasteiger partial charge in [0.15, 0.2) is 11.5 Å². The molecule has 11 heteroatoms. The second-order valence-electron chi connectivity index (χ2n) is 8.62. The monoisotopic (exact) mass is 554 g/mol. The second-order valence-corrected chi connectivity index (χ2v) is 10.0. The first-order valence-corrected chi connectivity index (χ1v) is 12.9. The first-order valence-electron chi connectivity index (χ1n) is 11.8. The van der Waals surface area contributed by atoms with Crippen LogP contribution in [0.2, 0.25) is 5.02 Å². The number of hydrogen-bond donors (Lipinski definition) is 2. The fourth-order valence-electron chi connectivity index (χ4n) is 3.95. The molecule has 0 aliphatic rings. The normalized spacial score (nSPS) is 10.9. The van der Waals surface area contributed by atoms with Gasteiger partial charge in [0.2, 0.25) is 5.91 Å². The lowest BCUT2D eigenvalue weighted by molar-refractivity contribution is -0.116. The van der Waals surface area contributed by atoms with E-state index in [1.807, 2.05) is 25.1 Å². The Morgan fingerprint density at radius 1 is 1.08 bits per heavy atom. The zero-order valence-electron chi connectivity index (χ0n) is 21.4. The van der Waals surface area contributed by atoms with Crippen molar-refractivity contribution in [1.82, 2.24) is 14.9 Å². The van der Waals surface area contributed by atoms with E-state index >= 15 is 0 Å². The Labute approximate surface area is 228 Å².